The van der Waals surface area contributed by atoms with Crippen LogP contribution in [0.5, 0.6) is 0 Å². The molecule has 3 heteroatoms. The predicted octanol–water partition coefficient (Wildman–Crippen LogP) is 3.16. The first kappa shape index (κ1) is 9.73. The zero-order valence-corrected chi connectivity index (χ0v) is 9.91. The molecular weight excluding hydrogens is 216 g/mol. The smallest absolute Gasteiger partial charge is 0.0519 e. The van der Waals surface area contributed by atoms with Crippen LogP contribution >= 0.6 is 12.6 Å². The molecule has 2 heterocycles. The van der Waals surface area contributed by atoms with Crippen molar-refractivity contribution in [2.75, 3.05) is 0 Å². The lowest BCUT2D eigenvalue weighted by Gasteiger charge is -1.98. The van der Waals surface area contributed by atoms with Crippen molar-refractivity contribution in [1.82, 2.24) is 9.55 Å². The highest BCUT2D eigenvalue weighted by Gasteiger charge is 2.07. The molecule has 0 aliphatic rings. The molecule has 16 heavy (non-hydrogen) atoms. The van der Waals surface area contributed by atoms with E-state index in [1.165, 1.54) is 27.4 Å². The molecule has 1 aromatic carbocycles. The van der Waals surface area contributed by atoms with Gasteiger partial charge in [0.05, 0.1) is 5.52 Å². The van der Waals surface area contributed by atoms with E-state index < -0.39 is 0 Å². The number of nitrogens with zero attached hydrogens (tertiary/aromatic N) is 2. The van der Waals surface area contributed by atoms with Crippen LogP contribution in [0.15, 0.2) is 36.7 Å². The molecule has 0 aliphatic carbocycles. The van der Waals surface area contributed by atoms with Gasteiger partial charge in [-0.3, -0.25) is 4.98 Å². The Bertz CT molecular complexity index is 670. The maximum Gasteiger partial charge on any atom is 0.0519 e. The molecule has 0 saturated carbocycles. The van der Waals surface area contributed by atoms with Crippen molar-refractivity contribution in [2.45, 2.75) is 5.75 Å². The predicted molar refractivity (Wildman–Crippen MR) is 70.9 cm³/mol. The fraction of sp³-hybridized carbons (Fsp3) is 0.154. The van der Waals surface area contributed by atoms with E-state index in [1.807, 2.05) is 12.4 Å². The van der Waals surface area contributed by atoms with E-state index >= 15 is 0 Å². The molecule has 0 unspecified atom stereocenters. The zero-order valence-electron chi connectivity index (χ0n) is 9.01. The van der Waals surface area contributed by atoms with Gasteiger partial charge < -0.3 is 4.57 Å². The third-order valence-electron chi connectivity index (χ3n) is 3.05. The minimum atomic E-state index is 0.770. The van der Waals surface area contributed by atoms with Crippen LogP contribution in [-0.2, 0) is 12.8 Å². The van der Waals surface area contributed by atoms with Gasteiger partial charge in [0, 0.05) is 41.5 Å². The number of hydrogen-bond acceptors (Lipinski definition) is 2. The van der Waals surface area contributed by atoms with Crippen LogP contribution in [0.3, 0.4) is 0 Å². The summed E-state index contributed by atoms with van der Waals surface area (Å²) >= 11 is 4.31. The SMILES string of the molecule is Cn1c2ccncc2c2cc(CS)ccc21. The van der Waals surface area contributed by atoms with Gasteiger partial charge in [-0.15, -0.1) is 0 Å². The largest absolute Gasteiger partial charge is 0.344 e. The molecule has 0 fully saturated rings. The Morgan fingerprint density at radius 3 is 2.81 bits per heavy atom. The van der Waals surface area contributed by atoms with Crippen LogP contribution in [0.4, 0.5) is 0 Å². The van der Waals surface area contributed by atoms with Crippen LogP contribution < -0.4 is 0 Å². The lowest BCUT2D eigenvalue weighted by molar-refractivity contribution is 1.01. The minimum absolute atomic E-state index is 0.770. The molecule has 0 N–H and O–H groups in total. The number of rotatable bonds is 1. The van der Waals surface area contributed by atoms with Crippen molar-refractivity contribution in [2.24, 2.45) is 7.05 Å². The Hall–Kier alpha value is -1.48. The summed E-state index contributed by atoms with van der Waals surface area (Å²) in [6.07, 6.45) is 3.76. The highest BCUT2D eigenvalue weighted by Crippen LogP contribution is 2.28. The lowest BCUT2D eigenvalue weighted by atomic mass is 10.1. The Labute approximate surface area is 99.3 Å². The van der Waals surface area contributed by atoms with Crippen LogP contribution in [0.1, 0.15) is 5.56 Å². The van der Waals surface area contributed by atoms with Crippen molar-refractivity contribution >= 4 is 34.4 Å². The first-order chi connectivity index (χ1) is 7.81. The summed E-state index contributed by atoms with van der Waals surface area (Å²) in [4.78, 5) is 4.20. The molecule has 0 amide bonds. The van der Waals surface area contributed by atoms with Crippen molar-refractivity contribution in [3.05, 3.63) is 42.2 Å². The highest BCUT2D eigenvalue weighted by atomic mass is 32.1. The Morgan fingerprint density at radius 1 is 1.19 bits per heavy atom. The van der Waals surface area contributed by atoms with Crippen molar-refractivity contribution in [3.8, 4) is 0 Å². The number of pyridine rings is 1. The monoisotopic (exact) mass is 228 g/mol. The van der Waals surface area contributed by atoms with Gasteiger partial charge in [-0.2, -0.15) is 12.6 Å². The summed E-state index contributed by atoms with van der Waals surface area (Å²) in [6.45, 7) is 0. The normalized spacial score (nSPS) is 11.4. The zero-order chi connectivity index (χ0) is 11.1. The van der Waals surface area contributed by atoms with Crippen LogP contribution in [0.25, 0.3) is 21.8 Å². The number of hydrogen-bond donors (Lipinski definition) is 1. The molecule has 0 atom stereocenters. The van der Waals surface area contributed by atoms with E-state index in [1.54, 1.807) is 0 Å². The lowest BCUT2D eigenvalue weighted by Crippen LogP contribution is -1.86. The summed E-state index contributed by atoms with van der Waals surface area (Å²) in [7, 11) is 2.09. The van der Waals surface area contributed by atoms with Gasteiger partial charge in [0.2, 0.25) is 0 Å². The summed E-state index contributed by atoms with van der Waals surface area (Å²) < 4.78 is 2.20. The van der Waals surface area contributed by atoms with Gasteiger partial charge >= 0.3 is 0 Å². The minimum Gasteiger partial charge on any atom is -0.344 e. The Morgan fingerprint density at radius 2 is 2.00 bits per heavy atom. The second-order valence-corrected chi connectivity index (χ2v) is 4.28. The number of fused-ring (bicyclic) bond motifs is 3. The third-order valence-corrected chi connectivity index (χ3v) is 3.42. The van der Waals surface area contributed by atoms with Gasteiger partial charge in [-0.25, -0.2) is 0 Å². The molecule has 0 aliphatic heterocycles. The van der Waals surface area contributed by atoms with Crippen molar-refractivity contribution < 1.29 is 0 Å². The maximum absolute atomic E-state index is 4.31. The quantitative estimate of drug-likeness (QED) is 0.633. The molecular formula is C13H12N2S. The fourth-order valence-corrected chi connectivity index (χ4v) is 2.40. The van der Waals surface area contributed by atoms with Gasteiger partial charge in [0.15, 0.2) is 0 Å². The Kier molecular flexibility index (Phi) is 2.14. The molecule has 0 bridgehead atoms. The van der Waals surface area contributed by atoms with E-state index in [9.17, 15) is 0 Å². The van der Waals surface area contributed by atoms with E-state index in [4.69, 9.17) is 0 Å². The van der Waals surface area contributed by atoms with Crippen LogP contribution in [-0.4, -0.2) is 9.55 Å². The molecule has 3 aromatic rings. The molecule has 0 saturated heterocycles. The van der Waals surface area contributed by atoms with Crippen molar-refractivity contribution in [1.29, 1.82) is 0 Å². The average Bonchev–Trinajstić information content (AvgIpc) is 2.64. The van der Waals surface area contributed by atoms with Gasteiger partial charge in [0.1, 0.15) is 0 Å². The van der Waals surface area contributed by atoms with E-state index in [2.05, 4.69) is 53.5 Å². The first-order valence-electron chi connectivity index (χ1n) is 5.23. The fourth-order valence-electron chi connectivity index (χ4n) is 2.21. The summed E-state index contributed by atoms with van der Waals surface area (Å²) in [5.74, 6) is 0.770. The highest BCUT2D eigenvalue weighted by molar-refractivity contribution is 7.79. The summed E-state index contributed by atoms with van der Waals surface area (Å²) in [5.41, 5.74) is 3.71. The first-order valence-corrected chi connectivity index (χ1v) is 5.86. The van der Waals surface area contributed by atoms with E-state index in [0.717, 1.165) is 5.75 Å². The van der Waals surface area contributed by atoms with Gasteiger partial charge in [-0.1, -0.05) is 6.07 Å². The second-order valence-electron chi connectivity index (χ2n) is 3.96. The molecule has 2 aromatic heterocycles. The summed E-state index contributed by atoms with van der Waals surface area (Å²) in [5, 5.41) is 2.47. The molecule has 0 radical (unpaired) electrons. The van der Waals surface area contributed by atoms with Crippen LogP contribution in [0, 0.1) is 0 Å². The topological polar surface area (TPSA) is 17.8 Å². The molecule has 0 spiro atoms. The maximum atomic E-state index is 4.31. The number of aryl methyl sites for hydroxylation is 1. The molecule has 3 rings (SSSR count). The van der Waals surface area contributed by atoms with Gasteiger partial charge in [-0.05, 0) is 23.8 Å². The van der Waals surface area contributed by atoms with Gasteiger partial charge in [0.25, 0.3) is 0 Å². The number of benzene rings is 1. The molecule has 80 valence electrons. The summed E-state index contributed by atoms with van der Waals surface area (Å²) in [6, 6.07) is 8.53. The van der Waals surface area contributed by atoms with Crippen LogP contribution in [0.2, 0.25) is 0 Å². The number of aromatic nitrogens is 2. The van der Waals surface area contributed by atoms with Crippen molar-refractivity contribution in [3.63, 3.8) is 0 Å². The van der Waals surface area contributed by atoms with E-state index in [0.29, 0.717) is 0 Å². The molecule has 2 nitrogen and oxygen atoms in total. The third kappa shape index (κ3) is 1.25. The average molecular weight is 228 g/mol. The van der Waals surface area contributed by atoms with E-state index in [-0.39, 0.29) is 0 Å². The Balaban J connectivity index is 2.52. The standard InChI is InChI=1S/C13H12N2S/c1-15-12-3-2-9(8-16)6-10(12)11-7-14-5-4-13(11)15/h2-7,16H,8H2,1H3. The number of thiol groups is 1. The second kappa shape index (κ2) is 3.52.